The summed E-state index contributed by atoms with van der Waals surface area (Å²) in [5.41, 5.74) is 2.81. The first-order valence-corrected chi connectivity index (χ1v) is 7.25. The first-order chi connectivity index (χ1) is 9.52. The van der Waals surface area contributed by atoms with Gasteiger partial charge in [0.25, 0.3) is 0 Å². The van der Waals surface area contributed by atoms with Crippen LogP contribution in [-0.4, -0.2) is 23.2 Å². The molecule has 0 saturated carbocycles. The van der Waals surface area contributed by atoms with Crippen LogP contribution in [0.2, 0.25) is 0 Å². The van der Waals surface area contributed by atoms with Gasteiger partial charge in [0.1, 0.15) is 0 Å². The summed E-state index contributed by atoms with van der Waals surface area (Å²) in [6.45, 7) is 6.71. The van der Waals surface area contributed by atoms with Gasteiger partial charge in [-0.25, -0.2) is 0 Å². The Morgan fingerprint density at radius 2 is 1.90 bits per heavy atom. The highest BCUT2D eigenvalue weighted by atomic mass is 16.3. The van der Waals surface area contributed by atoms with Crippen molar-refractivity contribution < 1.29 is 5.11 Å². The maximum atomic E-state index is 9.41. The second kappa shape index (κ2) is 6.23. The molecule has 3 nitrogen and oxygen atoms in total. The molecule has 108 valence electrons. The average molecular weight is 272 g/mol. The molecule has 1 atom stereocenters. The molecule has 1 unspecified atom stereocenters. The van der Waals surface area contributed by atoms with Crippen LogP contribution in [0.25, 0.3) is 10.9 Å². The van der Waals surface area contributed by atoms with Gasteiger partial charge < -0.3 is 10.0 Å². The molecule has 0 fully saturated rings. The quantitative estimate of drug-likeness (QED) is 0.903. The van der Waals surface area contributed by atoms with Crippen molar-refractivity contribution in [3.63, 3.8) is 0 Å². The predicted octanol–water partition coefficient (Wildman–Crippen LogP) is 3.60. The zero-order chi connectivity index (χ0) is 14.7. The molecule has 0 bridgehead atoms. The minimum absolute atomic E-state index is 0.0236. The summed E-state index contributed by atoms with van der Waals surface area (Å²) >= 11 is 0. The van der Waals surface area contributed by atoms with Crippen molar-refractivity contribution in [2.24, 2.45) is 5.92 Å². The van der Waals surface area contributed by atoms with Crippen molar-refractivity contribution in [3.8, 4) is 0 Å². The van der Waals surface area contributed by atoms with Crippen LogP contribution in [0.15, 0.2) is 30.3 Å². The Hall–Kier alpha value is -1.61. The fourth-order valence-electron chi connectivity index (χ4n) is 2.66. The second-order valence-corrected chi connectivity index (χ2v) is 5.90. The molecular formula is C17H24N2O. The van der Waals surface area contributed by atoms with Crippen LogP contribution in [0, 0.1) is 5.92 Å². The lowest BCUT2D eigenvalue weighted by molar-refractivity contribution is 0.277. The van der Waals surface area contributed by atoms with E-state index in [1.165, 1.54) is 0 Å². The van der Waals surface area contributed by atoms with E-state index in [0.717, 1.165) is 28.7 Å². The van der Waals surface area contributed by atoms with E-state index in [9.17, 15) is 5.11 Å². The van der Waals surface area contributed by atoms with Crippen LogP contribution in [0.4, 0.5) is 5.69 Å². The largest absolute Gasteiger partial charge is 0.390 e. The topological polar surface area (TPSA) is 36.4 Å². The van der Waals surface area contributed by atoms with Crippen molar-refractivity contribution >= 4 is 16.6 Å². The summed E-state index contributed by atoms with van der Waals surface area (Å²) in [6.07, 6.45) is 1.14. The van der Waals surface area contributed by atoms with E-state index < -0.39 is 0 Å². The molecule has 2 aromatic rings. The summed E-state index contributed by atoms with van der Waals surface area (Å²) < 4.78 is 0. The van der Waals surface area contributed by atoms with Gasteiger partial charge in [-0.15, -0.1) is 0 Å². The summed E-state index contributed by atoms with van der Waals surface area (Å²) in [5.74, 6) is 0.665. The number of benzene rings is 1. The Morgan fingerprint density at radius 3 is 2.55 bits per heavy atom. The van der Waals surface area contributed by atoms with E-state index in [-0.39, 0.29) is 6.61 Å². The van der Waals surface area contributed by atoms with Gasteiger partial charge in [-0.2, -0.15) is 0 Å². The van der Waals surface area contributed by atoms with Gasteiger partial charge in [-0.05, 0) is 31.4 Å². The number of nitrogens with zero attached hydrogens (tertiary/aromatic N) is 2. The van der Waals surface area contributed by atoms with E-state index in [1.54, 1.807) is 0 Å². The molecule has 3 heteroatoms. The molecule has 0 spiro atoms. The highest BCUT2D eigenvalue weighted by Gasteiger charge is 2.15. The summed E-state index contributed by atoms with van der Waals surface area (Å²) in [6, 6.07) is 10.6. The third kappa shape index (κ3) is 3.10. The molecule has 0 saturated heterocycles. The summed E-state index contributed by atoms with van der Waals surface area (Å²) in [7, 11) is 2.12. The van der Waals surface area contributed by atoms with E-state index in [1.807, 2.05) is 24.3 Å². The number of fused-ring (bicyclic) bond motifs is 1. The fourth-order valence-corrected chi connectivity index (χ4v) is 2.66. The van der Waals surface area contributed by atoms with Gasteiger partial charge >= 0.3 is 0 Å². The highest BCUT2D eigenvalue weighted by Crippen LogP contribution is 2.28. The Labute approximate surface area is 121 Å². The lowest BCUT2D eigenvalue weighted by atomic mass is 10.0. The van der Waals surface area contributed by atoms with Crippen LogP contribution in [0.5, 0.6) is 0 Å². The van der Waals surface area contributed by atoms with E-state index >= 15 is 0 Å². The number of anilines is 1. The summed E-state index contributed by atoms with van der Waals surface area (Å²) in [4.78, 5) is 6.78. The Kier molecular flexibility index (Phi) is 4.61. The summed E-state index contributed by atoms with van der Waals surface area (Å²) in [5, 5.41) is 10.5. The van der Waals surface area contributed by atoms with Gasteiger partial charge in [0.2, 0.25) is 0 Å². The molecular weight excluding hydrogens is 248 g/mol. The molecule has 0 aliphatic carbocycles. The fraction of sp³-hybridized carbons (Fsp3) is 0.471. The molecule has 0 radical (unpaired) electrons. The van der Waals surface area contributed by atoms with Crippen molar-refractivity contribution in [2.45, 2.75) is 39.8 Å². The number of pyridine rings is 1. The van der Waals surface area contributed by atoms with E-state index in [4.69, 9.17) is 0 Å². The van der Waals surface area contributed by atoms with Crippen molar-refractivity contribution in [3.05, 3.63) is 36.0 Å². The second-order valence-electron chi connectivity index (χ2n) is 5.90. The Bertz CT molecular complexity index is 580. The first kappa shape index (κ1) is 14.8. The normalized spacial score (nSPS) is 12.9. The highest BCUT2D eigenvalue weighted by molar-refractivity contribution is 5.92. The minimum atomic E-state index is -0.0236. The first-order valence-electron chi connectivity index (χ1n) is 7.25. The van der Waals surface area contributed by atoms with Crippen LogP contribution < -0.4 is 4.90 Å². The van der Waals surface area contributed by atoms with Gasteiger partial charge in [0.05, 0.1) is 17.8 Å². The lowest BCUT2D eigenvalue weighted by Crippen LogP contribution is -2.30. The smallest absolute Gasteiger partial charge is 0.0854 e. The Balaban J connectivity index is 2.46. The third-order valence-electron chi connectivity index (χ3n) is 3.76. The van der Waals surface area contributed by atoms with Crippen LogP contribution in [-0.2, 0) is 6.61 Å². The van der Waals surface area contributed by atoms with Crippen molar-refractivity contribution in [1.82, 2.24) is 4.98 Å². The SMILES string of the molecule is CC(C)CC(C)N(C)c1cc(CO)nc2ccccc12. The molecule has 1 aromatic carbocycles. The van der Waals surface area contributed by atoms with Gasteiger partial charge in [-0.1, -0.05) is 32.0 Å². The van der Waals surface area contributed by atoms with Gasteiger partial charge in [-0.3, -0.25) is 4.98 Å². The van der Waals surface area contributed by atoms with Crippen molar-refractivity contribution in [2.75, 3.05) is 11.9 Å². The zero-order valence-electron chi connectivity index (χ0n) is 12.8. The molecule has 1 N–H and O–H groups in total. The number of hydrogen-bond donors (Lipinski definition) is 1. The minimum Gasteiger partial charge on any atom is -0.390 e. The number of hydrogen-bond acceptors (Lipinski definition) is 3. The lowest BCUT2D eigenvalue weighted by Gasteiger charge is -2.29. The van der Waals surface area contributed by atoms with Gasteiger partial charge in [0, 0.05) is 24.2 Å². The molecule has 1 aromatic heterocycles. The standard InChI is InChI=1S/C17H24N2O/c1-12(2)9-13(3)19(4)17-10-14(11-20)18-16-8-6-5-7-15(16)17/h5-8,10,12-13,20H,9,11H2,1-4H3. The van der Waals surface area contributed by atoms with E-state index in [0.29, 0.717) is 12.0 Å². The van der Waals surface area contributed by atoms with E-state index in [2.05, 4.69) is 43.8 Å². The van der Waals surface area contributed by atoms with Gasteiger partial charge in [0.15, 0.2) is 0 Å². The third-order valence-corrected chi connectivity index (χ3v) is 3.76. The zero-order valence-corrected chi connectivity index (χ0v) is 12.8. The monoisotopic (exact) mass is 272 g/mol. The molecule has 2 rings (SSSR count). The molecule has 0 aliphatic heterocycles. The molecule has 1 heterocycles. The van der Waals surface area contributed by atoms with Crippen LogP contribution >= 0.6 is 0 Å². The number of para-hydroxylation sites is 1. The number of aliphatic hydroxyl groups excluding tert-OH is 1. The number of aliphatic hydroxyl groups is 1. The predicted molar refractivity (Wildman–Crippen MR) is 85.0 cm³/mol. The Morgan fingerprint density at radius 1 is 1.20 bits per heavy atom. The molecule has 20 heavy (non-hydrogen) atoms. The van der Waals surface area contributed by atoms with Crippen LogP contribution in [0.3, 0.4) is 0 Å². The maximum Gasteiger partial charge on any atom is 0.0854 e. The molecule has 0 amide bonds. The average Bonchev–Trinajstić information content (AvgIpc) is 2.44. The molecule has 0 aliphatic rings. The maximum absolute atomic E-state index is 9.41. The van der Waals surface area contributed by atoms with Crippen LogP contribution in [0.1, 0.15) is 32.9 Å². The number of aromatic nitrogens is 1. The van der Waals surface area contributed by atoms with Crippen molar-refractivity contribution in [1.29, 1.82) is 0 Å². The number of rotatable bonds is 5.